The predicted octanol–water partition coefficient (Wildman–Crippen LogP) is 6.00. The Morgan fingerprint density at radius 1 is 0.690 bits per heavy atom. The van der Waals surface area contributed by atoms with E-state index >= 15 is 0 Å². The van der Waals surface area contributed by atoms with Crippen molar-refractivity contribution < 1.29 is 9.59 Å². The van der Waals surface area contributed by atoms with Crippen LogP contribution in [0.2, 0.25) is 0 Å². The first-order valence-corrected chi connectivity index (χ1v) is 10.6. The average molecular weight is 488 g/mol. The molecular weight excluding hydrogens is 471 g/mol. The Balaban J connectivity index is 1.82. The molecular formula is C26H17IO2. The minimum Gasteiger partial charge on any atom is -0.293 e. The van der Waals surface area contributed by atoms with Crippen LogP contribution in [-0.4, -0.2) is 11.6 Å². The second-order valence-corrected chi connectivity index (χ2v) is 8.69. The highest BCUT2D eigenvalue weighted by atomic mass is 127. The first-order chi connectivity index (χ1) is 14.1. The van der Waals surface area contributed by atoms with Crippen molar-refractivity contribution in [3.05, 3.63) is 117 Å². The molecule has 1 aliphatic rings. The number of hydrogen-bond donors (Lipinski definition) is 0. The monoisotopic (exact) mass is 488 g/mol. The van der Waals surface area contributed by atoms with Crippen LogP contribution in [0.3, 0.4) is 0 Å². The molecule has 0 amide bonds. The number of hydrogen-bond acceptors (Lipinski definition) is 2. The minimum absolute atomic E-state index is 0.103. The van der Waals surface area contributed by atoms with Crippen molar-refractivity contribution in [1.82, 2.24) is 0 Å². The third kappa shape index (κ3) is 2.76. The molecule has 0 spiro atoms. The minimum atomic E-state index is -1.24. The number of Topliss-reactive ketones (excluding diaryl/α,β-unsaturated/α-hetero) is 2. The second-order valence-electron chi connectivity index (χ2n) is 7.44. The van der Waals surface area contributed by atoms with Gasteiger partial charge in [-0.3, -0.25) is 9.59 Å². The molecule has 0 aliphatic heterocycles. The lowest BCUT2D eigenvalue weighted by Gasteiger charge is -2.28. The Hall–Kier alpha value is -2.79. The summed E-state index contributed by atoms with van der Waals surface area (Å²) in [4.78, 5) is 27.7. The molecule has 0 saturated heterocycles. The van der Waals surface area contributed by atoms with Gasteiger partial charge in [0.05, 0.1) is 0 Å². The van der Waals surface area contributed by atoms with E-state index < -0.39 is 5.41 Å². The van der Waals surface area contributed by atoms with Crippen LogP contribution in [0.4, 0.5) is 0 Å². The predicted molar refractivity (Wildman–Crippen MR) is 124 cm³/mol. The third-order valence-electron chi connectivity index (χ3n) is 5.80. The topological polar surface area (TPSA) is 34.1 Å². The van der Waals surface area contributed by atoms with Gasteiger partial charge in [0.25, 0.3) is 0 Å². The second kappa shape index (κ2) is 6.92. The largest absolute Gasteiger partial charge is 0.293 e. The summed E-state index contributed by atoms with van der Waals surface area (Å²) in [6, 6.07) is 29.1. The molecule has 1 aliphatic carbocycles. The van der Waals surface area contributed by atoms with Crippen molar-refractivity contribution in [1.29, 1.82) is 0 Å². The first-order valence-electron chi connectivity index (χ1n) is 9.52. The molecule has 3 heteroatoms. The molecule has 0 heterocycles. The van der Waals surface area contributed by atoms with Crippen LogP contribution in [0, 0.1) is 3.57 Å². The van der Waals surface area contributed by atoms with Gasteiger partial charge in [0.15, 0.2) is 11.6 Å². The summed E-state index contributed by atoms with van der Waals surface area (Å²) in [5, 5.41) is 1.98. The van der Waals surface area contributed by atoms with E-state index in [1.165, 1.54) is 0 Å². The average Bonchev–Trinajstić information content (AvgIpc) is 2.96. The summed E-state index contributed by atoms with van der Waals surface area (Å²) in [5.74, 6) is -0.207. The maximum absolute atomic E-state index is 13.8. The van der Waals surface area contributed by atoms with Crippen LogP contribution < -0.4 is 0 Å². The highest BCUT2D eigenvalue weighted by molar-refractivity contribution is 14.1. The van der Waals surface area contributed by atoms with E-state index in [0.29, 0.717) is 17.5 Å². The van der Waals surface area contributed by atoms with E-state index in [-0.39, 0.29) is 11.6 Å². The molecule has 0 radical (unpaired) electrons. The summed E-state index contributed by atoms with van der Waals surface area (Å²) in [5.41, 5.74) is 1.58. The number of halogens is 1. The number of benzene rings is 4. The Morgan fingerprint density at radius 3 is 2.03 bits per heavy atom. The number of carbonyl (C=O) groups excluding carboxylic acids is 2. The molecule has 0 bridgehead atoms. The highest BCUT2D eigenvalue weighted by Crippen LogP contribution is 2.44. The van der Waals surface area contributed by atoms with E-state index in [1.54, 1.807) is 12.1 Å². The van der Waals surface area contributed by atoms with Crippen molar-refractivity contribution in [2.24, 2.45) is 0 Å². The van der Waals surface area contributed by atoms with E-state index in [9.17, 15) is 9.59 Å². The van der Waals surface area contributed by atoms with E-state index in [0.717, 1.165) is 25.5 Å². The van der Waals surface area contributed by atoms with Crippen LogP contribution in [0.25, 0.3) is 10.8 Å². The number of fused-ring (bicyclic) bond motifs is 2. The van der Waals surface area contributed by atoms with Gasteiger partial charge >= 0.3 is 0 Å². The molecule has 0 aromatic heterocycles. The van der Waals surface area contributed by atoms with Gasteiger partial charge in [-0.25, -0.2) is 0 Å². The van der Waals surface area contributed by atoms with Crippen molar-refractivity contribution in [3.8, 4) is 0 Å². The molecule has 29 heavy (non-hydrogen) atoms. The maximum atomic E-state index is 13.8. The van der Waals surface area contributed by atoms with Crippen molar-refractivity contribution in [3.63, 3.8) is 0 Å². The quantitative estimate of drug-likeness (QED) is 0.262. The van der Waals surface area contributed by atoms with E-state index in [4.69, 9.17) is 0 Å². The Kier molecular flexibility index (Phi) is 4.36. The molecule has 140 valence electrons. The summed E-state index contributed by atoms with van der Waals surface area (Å²) in [6.45, 7) is 0. The molecule has 0 N–H and O–H groups in total. The Bertz CT molecular complexity index is 1250. The molecule has 2 nitrogen and oxygen atoms in total. The molecule has 5 rings (SSSR count). The number of ketones is 2. The Morgan fingerprint density at radius 2 is 1.31 bits per heavy atom. The van der Waals surface area contributed by atoms with Gasteiger partial charge in [0, 0.05) is 14.7 Å². The van der Waals surface area contributed by atoms with Crippen LogP contribution >= 0.6 is 22.6 Å². The van der Waals surface area contributed by atoms with Gasteiger partial charge in [-0.1, -0.05) is 78.9 Å². The van der Waals surface area contributed by atoms with Gasteiger partial charge in [-0.05, 0) is 63.0 Å². The number of carbonyl (C=O) groups is 2. The van der Waals surface area contributed by atoms with Crippen LogP contribution in [0.5, 0.6) is 0 Å². The van der Waals surface area contributed by atoms with Crippen molar-refractivity contribution in [2.45, 2.75) is 11.8 Å². The smallest absolute Gasteiger partial charge is 0.182 e. The lowest BCUT2D eigenvalue weighted by atomic mass is 9.70. The maximum Gasteiger partial charge on any atom is 0.182 e. The fourth-order valence-electron chi connectivity index (χ4n) is 4.49. The summed E-state index contributed by atoms with van der Waals surface area (Å²) >= 11 is 2.27. The molecule has 0 atom stereocenters. The fraction of sp³-hybridized carbons (Fsp3) is 0.0769. The lowest BCUT2D eigenvalue weighted by Crippen LogP contribution is -2.41. The van der Waals surface area contributed by atoms with Crippen molar-refractivity contribution in [2.75, 3.05) is 0 Å². The molecule has 4 aromatic rings. The normalized spacial score (nSPS) is 14.9. The van der Waals surface area contributed by atoms with Gasteiger partial charge in [-0.2, -0.15) is 0 Å². The van der Waals surface area contributed by atoms with E-state index in [2.05, 4.69) is 28.7 Å². The summed E-state index contributed by atoms with van der Waals surface area (Å²) in [7, 11) is 0. The first kappa shape index (κ1) is 18.3. The van der Waals surface area contributed by atoms with Crippen LogP contribution in [0.1, 0.15) is 31.8 Å². The zero-order valence-electron chi connectivity index (χ0n) is 15.6. The molecule has 0 unspecified atom stereocenters. The van der Waals surface area contributed by atoms with Gasteiger partial charge in [-0.15, -0.1) is 0 Å². The summed E-state index contributed by atoms with van der Waals surface area (Å²) < 4.78 is 1.09. The van der Waals surface area contributed by atoms with Crippen LogP contribution in [0.15, 0.2) is 91.0 Å². The molecule has 0 saturated carbocycles. The summed E-state index contributed by atoms with van der Waals surface area (Å²) in [6.07, 6.45) is 0.351. The zero-order valence-corrected chi connectivity index (χ0v) is 17.7. The lowest BCUT2D eigenvalue weighted by molar-refractivity contribution is 0.0794. The van der Waals surface area contributed by atoms with E-state index in [1.807, 2.05) is 72.8 Å². The molecule has 4 aromatic carbocycles. The SMILES string of the molecule is O=C1c2ccccc2C(=O)C1(Cc1cccc(I)c1)c1cccc2ccccc12. The van der Waals surface area contributed by atoms with Gasteiger partial charge in [0.2, 0.25) is 0 Å². The van der Waals surface area contributed by atoms with Gasteiger partial charge in [0.1, 0.15) is 5.41 Å². The molecule has 0 fully saturated rings. The Labute approximate surface area is 182 Å². The fourth-order valence-corrected chi connectivity index (χ4v) is 5.10. The number of rotatable bonds is 3. The van der Waals surface area contributed by atoms with Crippen molar-refractivity contribution >= 4 is 44.9 Å². The van der Waals surface area contributed by atoms with Crippen LogP contribution in [-0.2, 0) is 11.8 Å². The third-order valence-corrected chi connectivity index (χ3v) is 6.47. The standard InChI is InChI=1S/C26H17IO2/c27-19-10-5-7-17(15-19)16-26(23-14-6-9-18-8-1-2-11-20(18)23)24(28)21-12-3-4-13-22(21)25(26)29/h1-15H,16H2. The highest BCUT2D eigenvalue weighted by Gasteiger charge is 2.54. The van der Waals surface area contributed by atoms with Gasteiger partial charge < -0.3 is 0 Å². The zero-order chi connectivity index (χ0) is 20.0.